The van der Waals surface area contributed by atoms with Crippen LogP contribution in [0.1, 0.15) is 41.8 Å². The van der Waals surface area contributed by atoms with Crippen LogP contribution in [0.4, 0.5) is 0 Å². The van der Waals surface area contributed by atoms with Crippen molar-refractivity contribution in [2.75, 3.05) is 0 Å². The molecule has 4 aromatic rings. The number of hydrogen-bond donors (Lipinski definition) is 2. The maximum absolute atomic E-state index is 13.3. The number of nitrogens with zero attached hydrogens (tertiary/aromatic N) is 3. The molecule has 2 N–H and O–H groups in total. The Balaban J connectivity index is 1.74. The van der Waals surface area contributed by atoms with Gasteiger partial charge in [-0.05, 0) is 32.3 Å². The fourth-order valence-corrected chi connectivity index (χ4v) is 3.99. The van der Waals surface area contributed by atoms with Crippen LogP contribution in [0.2, 0.25) is 0 Å². The van der Waals surface area contributed by atoms with Crippen LogP contribution in [0, 0.1) is 13.8 Å². The Morgan fingerprint density at radius 3 is 2.71 bits per heavy atom. The lowest BCUT2D eigenvalue weighted by Crippen LogP contribution is -2.19. The van der Waals surface area contributed by atoms with E-state index in [0.717, 1.165) is 29.7 Å². The summed E-state index contributed by atoms with van der Waals surface area (Å²) in [5.41, 5.74) is 4.47. The summed E-state index contributed by atoms with van der Waals surface area (Å²) in [6, 6.07) is 9.86. The third kappa shape index (κ3) is 2.43. The molecular formula is C21H20N4O3. The molecule has 7 heteroatoms. The van der Waals surface area contributed by atoms with Gasteiger partial charge in [0, 0.05) is 17.7 Å². The van der Waals surface area contributed by atoms with E-state index in [1.54, 1.807) is 6.92 Å². The van der Waals surface area contributed by atoms with Crippen molar-refractivity contribution in [1.29, 1.82) is 0 Å². The van der Waals surface area contributed by atoms with E-state index in [-0.39, 0.29) is 11.4 Å². The maximum Gasteiger partial charge on any atom is 0.285 e. The minimum atomic E-state index is -0.640. The molecule has 1 atom stereocenters. The number of aromatic amines is 1. The SMILES string of the molecule is Cc1nc2c(-c3ccccc3)c(C)[nH]n2c(=O)c1-c1nc2c(o1)CCCC2O. The van der Waals surface area contributed by atoms with Crippen LogP contribution in [0.25, 0.3) is 28.2 Å². The average Bonchev–Trinajstić information content (AvgIpc) is 3.24. The summed E-state index contributed by atoms with van der Waals surface area (Å²) < 4.78 is 7.30. The van der Waals surface area contributed by atoms with E-state index >= 15 is 0 Å². The van der Waals surface area contributed by atoms with Crippen LogP contribution in [-0.4, -0.2) is 24.7 Å². The summed E-state index contributed by atoms with van der Waals surface area (Å²) in [4.78, 5) is 22.4. The third-order valence-corrected chi connectivity index (χ3v) is 5.34. The molecule has 1 aliphatic rings. The Morgan fingerprint density at radius 2 is 1.96 bits per heavy atom. The van der Waals surface area contributed by atoms with E-state index in [4.69, 9.17) is 9.40 Å². The smallest absolute Gasteiger partial charge is 0.285 e. The molecule has 1 aliphatic carbocycles. The van der Waals surface area contributed by atoms with E-state index in [2.05, 4.69) is 10.1 Å². The second-order valence-electron chi connectivity index (χ2n) is 7.25. The predicted octanol–water partition coefficient (Wildman–Crippen LogP) is 3.33. The van der Waals surface area contributed by atoms with Crippen molar-refractivity contribution in [3.63, 3.8) is 0 Å². The number of aliphatic hydroxyl groups excluding tert-OH is 1. The lowest BCUT2D eigenvalue weighted by atomic mass is 9.99. The van der Waals surface area contributed by atoms with Crippen molar-refractivity contribution in [3.8, 4) is 22.6 Å². The monoisotopic (exact) mass is 376 g/mol. The van der Waals surface area contributed by atoms with E-state index in [0.29, 0.717) is 34.8 Å². The van der Waals surface area contributed by atoms with Gasteiger partial charge in [0.05, 0.1) is 11.8 Å². The summed E-state index contributed by atoms with van der Waals surface area (Å²) in [6.07, 6.45) is 1.58. The first-order valence-electron chi connectivity index (χ1n) is 9.40. The molecule has 7 nitrogen and oxygen atoms in total. The average molecular weight is 376 g/mol. The first-order chi connectivity index (χ1) is 13.5. The molecule has 1 unspecified atom stereocenters. The first kappa shape index (κ1) is 16.9. The second kappa shape index (κ2) is 6.17. The number of rotatable bonds is 2. The summed E-state index contributed by atoms with van der Waals surface area (Å²) in [6.45, 7) is 3.71. The quantitative estimate of drug-likeness (QED) is 0.559. The maximum atomic E-state index is 13.3. The summed E-state index contributed by atoms with van der Waals surface area (Å²) in [5, 5.41) is 13.3. The fourth-order valence-electron chi connectivity index (χ4n) is 3.99. The highest BCUT2D eigenvalue weighted by molar-refractivity contribution is 5.80. The van der Waals surface area contributed by atoms with Gasteiger partial charge in [0.25, 0.3) is 5.56 Å². The lowest BCUT2D eigenvalue weighted by Gasteiger charge is -2.13. The lowest BCUT2D eigenvalue weighted by molar-refractivity contribution is 0.149. The topological polar surface area (TPSA) is 96.4 Å². The third-order valence-electron chi connectivity index (χ3n) is 5.34. The Hall–Kier alpha value is -3.19. The van der Waals surface area contributed by atoms with Gasteiger partial charge in [0.1, 0.15) is 17.0 Å². The summed E-state index contributed by atoms with van der Waals surface area (Å²) in [5.74, 6) is 0.883. The number of benzene rings is 1. The Kier molecular flexibility index (Phi) is 3.73. The number of aromatic nitrogens is 4. The van der Waals surface area contributed by atoms with Crippen LogP contribution >= 0.6 is 0 Å². The van der Waals surface area contributed by atoms with Crippen LogP contribution < -0.4 is 5.56 Å². The normalized spacial score (nSPS) is 16.5. The van der Waals surface area contributed by atoms with Crippen molar-refractivity contribution >= 4 is 5.65 Å². The molecule has 3 heterocycles. The summed E-state index contributed by atoms with van der Waals surface area (Å²) in [7, 11) is 0. The van der Waals surface area contributed by atoms with Gasteiger partial charge in [-0.2, -0.15) is 0 Å². The highest BCUT2D eigenvalue weighted by Gasteiger charge is 2.28. The molecule has 0 saturated carbocycles. The molecule has 1 aromatic carbocycles. The highest BCUT2D eigenvalue weighted by atomic mass is 16.4. The first-order valence-corrected chi connectivity index (χ1v) is 9.40. The number of H-pyrrole nitrogens is 1. The van der Waals surface area contributed by atoms with E-state index in [1.807, 2.05) is 37.3 Å². The number of hydrogen-bond acceptors (Lipinski definition) is 5. The minimum absolute atomic E-state index is 0.226. The number of aryl methyl sites for hydroxylation is 3. The van der Waals surface area contributed by atoms with E-state index in [9.17, 15) is 9.90 Å². The van der Waals surface area contributed by atoms with E-state index in [1.165, 1.54) is 4.52 Å². The molecule has 28 heavy (non-hydrogen) atoms. The van der Waals surface area contributed by atoms with Gasteiger partial charge in [-0.3, -0.25) is 9.89 Å². The van der Waals surface area contributed by atoms with Crippen molar-refractivity contribution in [3.05, 3.63) is 63.5 Å². The second-order valence-corrected chi connectivity index (χ2v) is 7.25. The Labute approximate surface area is 160 Å². The van der Waals surface area contributed by atoms with Gasteiger partial charge in [-0.15, -0.1) is 0 Å². The zero-order valence-electron chi connectivity index (χ0n) is 15.7. The van der Waals surface area contributed by atoms with Crippen LogP contribution in [0.15, 0.2) is 39.5 Å². The van der Waals surface area contributed by atoms with Crippen molar-refractivity contribution in [2.45, 2.75) is 39.2 Å². The standard InChI is InChI=1S/C21H20N4O3/c1-11-17(20-23-18-14(26)9-6-10-15(18)28-20)21(27)25-19(22-11)16(12(2)24-25)13-7-4-3-5-8-13/h3-5,7-8,14,24,26H,6,9-10H2,1-2H3. The number of oxazole rings is 1. The Bertz CT molecular complexity index is 1250. The highest BCUT2D eigenvalue weighted by Crippen LogP contribution is 2.33. The van der Waals surface area contributed by atoms with Gasteiger partial charge in [-0.25, -0.2) is 14.5 Å². The molecule has 5 rings (SSSR count). The van der Waals surface area contributed by atoms with Gasteiger partial charge in [0.2, 0.25) is 5.89 Å². The van der Waals surface area contributed by atoms with Crippen molar-refractivity contribution in [1.82, 2.24) is 19.6 Å². The van der Waals surface area contributed by atoms with Crippen LogP contribution in [0.5, 0.6) is 0 Å². The van der Waals surface area contributed by atoms with Crippen molar-refractivity contribution in [2.24, 2.45) is 0 Å². The van der Waals surface area contributed by atoms with Crippen LogP contribution in [-0.2, 0) is 6.42 Å². The summed E-state index contributed by atoms with van der Waals surface area (Å²) >= 11 is 0. The fraction of sp³-hybridized carbons (Fsp3) is 0.286. The molecule has 0 aliphatic heterocycles. The molecular weight excluding hydrogens is 356 g/mol. The van der Waals surface area contributed by atoms with Gasteiger partial charge < -0.3 is 9.52 Å². The molecule has 0 fully saturated rings. The molecule has 3 aromatic heterocycles. The largest absolute Gasteiger partial charge is 0.440 e. The minimum Gasteiger partial charge on any atom is -0.440 e. The Morgan fingerprint density at radius 1 is 1.18 bits per heavy atom. The zero-order chi connectivity index (χ0) is 19.4. The zero-order valence-corrected chi connectivity index (χ0v) is 15.7. The van der Waals surface area contributed by atoms with Gasteiger partial charge in [0.15, 0.2) is 5.65 Å². The van der Waals surface area contributed by atoms with Gasteiger partial charge in [-0.1, -0.05) is 30.3 Å². The number of nitrogens with one attached hydrogen (secondary N) is 1. The molecule has 0 bridgehead atoms. The number of aliphatic hydroxyl groups is 1. The van der Waals surface area contributed by atoms with E-state index < -0.39 is 6.10 Å². The molecule has 0 spiro atoms. The molecule has 0 radical (unpaired) electrons. The van der Waals surface area contributed by atoms with Crippen molar-refractivity contribution < 1.29 is 9.52 Å². The molecule has 0 saturated heterocycles. The molecule has 0 amide bonds. The van der Waals surface area contributed by atoms with Gasteiger partial charge >= 0.3 is 0 Å². The predicted molar refractivity (Wildman–Crippen MR) is 104 cm³/mol. The molecule has 142 valence electrons. The number of fused-ring (bicyclic) bond motifs is 2. The van der Waals surface area contributed by atoms with Crippen LogP contribution in [0.3, 0.4) is 0 Å².